The summed E-state index contributed by atoms with van der Waals surface area (Å²) >= 11 is 0. The summed E-state index contributed by atoms with van der Waals surface area (Å²) in [6.45, 7) is 6.79. The summed E-state index contributed by atoms with van der Waals surface area (Å²) in [5.74, 6) is -0.510. The molecule has 0 saturated carbocycles. The summed E-state index contributed by atoms with van der Waals surface area (Å²) in [5.41, 5.74) is 4.79. The maximum Gasteiger partial charge on any atom is 0.335 e. The smallest absolute Gasteiger partial charge is 0.335 e. The van der Waals surface area contributed by atoms with Gasteiger partial charge in [-0.25, -0.2) is 14.0 Å². The molecule has 0 fully saturated rings. The van der Waals surface area contributed by atoms with Crippen LogP contribution in [0.15, 0.2) is 116 Å². The van der Waals surface area contributed by atoms with Gasteiger partial charge in [0, 0.05) is 17.7 Å². The van der Waals surface area contributed by atoms with Gasteiger partial charge in [0.1, 0.15) is 17.3 Å². The van der Waals surface area contributed by atoms with E-state index in [9.17, 15) is 14.0 Å². The normalized spacial score (nSPS) is 11.1. The van der Waals surface area contributed by atoms with Crippen molar-refractivity contribution in [3.63, 3.8) is 0 Å². The monoisotopic (exact) mass is 542 g/mol. The summed E-state index contributed by atoms with van der Waals surface area (Å²) < 4.78 is 25.1. The van der Waals surface area contributed by atoms with E-state index in [-0.39, 0.29) is 5.82 Å². The molecule has 0 aliphatic heterocycles. The Hall–Kier alpha value is -5.55. The van der Waals surface area contributed by atoms with E-state index in [0.717, 1.165) is 34.4 Å². The number of hydrogen-bond donors (Lipinski definition) is 0. The van der Waals surface area contributed by atoms with Crippen LogP contribution >= 0.6 is 0 Å². The van der Waals surface area contributed by atoms with Crippen molar-refractivity contribution in [2.45, 2.75) is 0 Å². The molecule has 0 aliphatic carbocycles. The molecule has 202 valence electrons. The molecule has 0 saturated heterocycles. The van der Waals surface area contributed by atoms with Crippen molar-refractivity contribution in [3.05, 3.63) is 156 Å². The number of carbonyl (C=O) groups excluding carboxylic acids is 2. The molecule has 4 rings (SSSR count). The first kappa shape index (κ1) is 28.5. The first-order valence-corrected chi connectivity index (χ1v) is 12.7. The fourth-order valence-corrected chi connectivity index (χ4v) is 3.75. The Morgan fingerprint density at radius 3 is 1.41 bits per heavy atom. The lowest BCUT2D eigenvalue weighted by Crippen LogP contribution is -2.02. The van der Waals surface area contributed by atoms with Crippen molar-refractivity contribution in [3.8, 4) is 11.5 Å². The van der Waals surface area contributed by atoms with Crippen LogP contribution in [0.2, 0.25) is 0 Å². The predicted molar refractivity (Wildman–Crippen MR) is 164 cm³/mol. The van der Waals surface area contributed by atoms with E-state index in [1.54, 1.807) is 48.6 Å². The van der Waals surface area contributed by atoms with Gasteiger partial charge in [-0.3, -0.25) is 0 Å². The number of hydrogen-bond acceptors (Lipinski definition) is 4. The third kappa shape index (κ3) is 8.73. The van der Waals surface area contributed by atoms with E-state index < -0.39 is 11.9 Å². The lowest BCUT2D eigenvalue weighted by atomic mass is 10.1. The number of carbonyl (C=O) groups is 2. The van der Waals surface area contributed by atoms with Gasteiger partial charge in [0.25, 0.3) is 0 Å². The maximum atomic E-state index is 14.8. The number of esters is 2. The van der Waals surface area contributed by atoms with E-state index in [1.807, 2.05) is 72.8 Å². The minimum Gasteiger partial charge on any atom is -0.423 e. The van der Waals surface area contributed by atoms with Crippen LogP contribution in [0.5, 0.6) is 11.5 Å². The zero-order valence-corrected chi connectivity index (χ0v) is 22.2. The molecule has 4 nitrogen and oxygen atoms in total. The number of ether oxygens (including phenoxy) is 2. The summed E-state index contributed by atoms with van der Waals surface area (Å²) in [6.07, 6.45) is 13.3. The molecule has 0 radical (unpaired) electrons. The van der Waals surface area contributed by atoms with Gasteiger partial charge in [-0.1, -0.05) is 110 Å². The third-order valence-corrected chi connectivity index (χ3v) is 5.84. The number of benzene rings is 4. The summed E-state index contributed by atoms with van der Waals surface area (Å²) in [7, 11) is 0. The molecule has 41 heavy (non-hydrogen) atoms. The maximum absolute atomic E-state index is 14.8. The predicted octanol–water partition coefficient (Wildman–Crippen LogP) is 8.52. The Kier molecular flexibility index (Phi) is 9.73. The van der Waals surface area contributed by atoms with Crippen molar-refractivity contribution in [2.75, 3.05) is 0 Å². The van der Waals surface area contributed by atoms with Crippen molar-refractivity contribution >= 4 is 48.4 Å². The Balaban J connectivity index is 1.37. The standard InChI is InChI=1S/C36H27FO4/c1-3-35(38)40-32-9-5-7-28(23-32)16-15-26-11-13-27(14-12-26)19-21-31-22-20-30(25-34(31)37)18-17-29-8-6-10-33(24-29)41-36(39)4-2/h3-25H,1-2H2. The van der Waals surface area contributed by atoms with Crippen LogP contribution in [0.3, 0.4) is 0 Å². The zero-order chi connectivity index (χ0) is 29.0. The van der Waals surface area contributed by atoms with Crippen LogP contribution in [-0.2, 0) is 9.59 Å². The average molecular weight is 543 g/mol. The van der Waals surface area contributed by atoms with Gasteiger partial charge in [-0.2, -0.15) is 0 Å². The molecule has 0 amide bonds. The van der Waals surface area contributed by atoms with E-state index >= 15 is 0 Å². The van der Waals surface area contributed by atoms with Gasteiger partial charge in [-0.05, 0) is 58.1 Å². The van der Waals surface area contributed by atoms with Crippen molar-refractivity contribution in [1.29, 1.82) is 0 Å². The second-order valence-corrected chi connectivity index (χ2v) is 8.84. The fraction of sp³-hybridized carbons (Fsp3) is 0. The lowest BCUT2D eigenvalue weighted by molar-refractivity contribution is -0.129. The highest BCUT2D eigenvalue weighted by Gasteiger charge is 2.02. The van der Waals surface area contributed by atoms with E-state index in [0.29, 0.717) is 22.6 Å². The lowest BCUT2D eigenvalue weighted by Gasteiger charge is -2.03. The van der Waals surface area contributed by atoms with Crippen molar-refractivity contribution < 1.29 is 23.5 Å². The average Bonchev–Trinajstić information content (AvgIpc) is 2.99. The van der Waals surface area contributed by atoms with Crippen LogP contribution in [0.4, 0.5) is 4.39 Å². The Morgan fingerprint density at radius 2 is 0.951 bits per heavy atom. The SMILES string of the molecule is C=CC(=O)Oc1cccc(C=Cc2ccc(C=Cc3ccc(C=Cc4cccc(OC(=O)C=C)c4)cc3F)cc2)c1. The second kappa shape index (κ2) is 14.0. The minimum atomic E-state index is -0.530. The van der Waals surface area contributed by atoms with E-state index in [1.165, 1.54) is 6.07 Å². The number of halogens is 1. The van der Waals surface area contributed by atoms with E-state index in [2.05, 4.69) is 13.2 Å². The highest BCUT2D eigenvalue weighted by Crippen LogP contribution is 2.20. The third-order valence-electron chi connectivity index (χ3n) is 5.84. The molecule has 5 heteroatoms. The highest BCUT2D eigenvalue weighted by molar-refractivity contribution is 5.84. The molecule has 0 spiro atoms. The Morgan fingerprint density at radius 1 is 0.537 bits per heavy atom. The van der Waals surface area contributed by atoms with Crippen LogP contribution in [0, 0.1) is 5.82 Å². The van der Waals surface area contributed by atoms with Gasteiger partial charge >= 0.3 is 11.9 Å². The second-order valence-electron chi connectivity index (χ2n) is 8.84. The van der Waals surface area contributed by atoms with Crippen molar-refractivity contribution in [2.24, 2.45) is 0 Å². The highest BCUT2D eigenvalue weighted by atomic mass is 19.1. The van der Waals surface area contributed by atoms with Crippen LogP contribution in [-0.4, -0.2) is 11.9 Å². The van der Waals surface area contributed by atoms with Gasteiger partial charge in [0.05, 0.1) is 0 Å². The van der Waals surface area contributed by atoms with Gasteiger partial charge in [0.15, 0.2) is 0 Å². The van der Waals surface area contributed by atoms with E-state index in [4.69, 9.17) is 9.47 Å². The molecule has 0 unspecified atom stereocenters. The van der Waals surface area contributed by atoms with Crippen LogP contribution < -0.4 is 9.47 Å². The summed E-state index contributed by atoms with van der Waals surface area (Å²) in [4.78, 5) is 22.8. The summed E-state index contributed by atoms with van der Waals surface area (Å²) in [6, 6.07) is 27.1. The van der Waals surface area contributed by atoms with Crippen LogP contribution in [0.25, 0.3) is 36.5 Å². The van der Waals surface area contributed by atoms with Gasteiger partial charge in [0.2, 0.25) is 0 Å². The fourth-order valence-electron chi connectivity index (χ4n) is 3.75. The zero-order valence-electron chi connectivity index (χ0n) is 22.2. The molecule has 0 N–H and O–H groups in total. The quantitative estimate of drug-likeness (QED) is 0.0872. The summed E-state index contributed by atoms with van der Waals surface area (Å²) in [5, 5.41) is 0. The molecular weight excluding hydrogens is 515 g/mol. The Bertz CT molecular complexity index is 1660. The van der Waals surface area contributed by atoms with Crippen molar-refractivity contribution in [1.82, 2.24) is 0 Å². The Labute approximate surface area is 238 Å². The van der Waals surface area contributed by atoms with Crippen LogP contribution in [0.1, 0.15) is 33.4 Å². The molecule has 4 aromatic rings. The molecule has 4 aromatic carbocycles. The van der Waals surface area contributed by atoms with Gasteiger partial charge in [-0.15, -0.1) is 0 Å². The molecule has 0 aliphatic rings. The molecule has 0 bridgehead atoms. The topological polar surface area (TPSA) is 52.6 Å². The molecule has 0 atom stereocenters. The molecular formula is C36H27FO4. The van der Waals surface area contributed by atoms with Gasteiger partial charge < -0.3 is 9.47 Å². The molecule has 0 heterocycles. The first-order chi connectivity index (χ1) is 19.9. The minimum absolute atomic E-state index is 0.336. The number of rotatable bonds is 10. The largest absolute Gasteiger partial charge is 0.423 e. The molecule has 0 aromatic heterocycles. The first-order valence-electron chi connectivity index (χ1n) is 12.7.